The van der Waals surface area contributed by atoms with E-state index < -0.39 is 35.6 Å². The van der Waals surface area contributed by atoms with Crippen molar-refractivity contribution in [1.82, 2.24) is 0 Å². The Bertz CT molecular complexity index is 1400. The number of unbranched alkanes of at least 4 members (excludes halogenated alkanes) is 2. The smallest absolute Gasteiger partial charge is 0.387 e. The normalized spacial score (nSPS) is 11.4. The Morgan fingerprint density at radius 2 is 1.53 bits per heavy atom. The molecule has 0 heterocycles. The maximum Gasteiger partial charge on any atom is 0.387 e. The molecular formula is C30H26F6O2. The van der Waals surface area contributed by atoms with Gasteiger partial charge in [-0.05, 0) is 71.7 Å². The van der Waals surface area contributed by atoms with E-state index in [1.165, 1.54) is 6.07 Å². The average molecular weight is 533 g/mol. The molecule has 0 N–H and O–H groups in total. The van der Waals surface area contributed by atoms with Gasteiger partial charge in [-0.1, -0.05) is 44.0 Å². The van der Waals surface area contributed by atoms with Gasteiger partial charge in [0, 0.05) is 17.0 Å². The molecular weight excluding hydrogens is 506 g/mol. The van der Waals surface area contributed by atoms with Gasteiger partial charge in [-0.3, -0.25) is 0 Å². The molecule has 0 aromatic heterocycles. The van der Waals surface area contributed by atoms with Crippen LogP contribution in [0.5, 0.6) is 11.5 Å². The van der Waals surface area contributed by atoms with Gasteiger partial charge in [-0.15, -0.1) is 0 Å². The number of aryl methyl sites for hydroxylation is 2. The highest BCUT2D eigenvalue weighted by molar-refractivity contribution is 5.88. The molecule has 0 aliphatic rings. The Hall–Kier alpha value is -3.68. The number of benzene rings is 4. The van der Waals surface area contributed by atoms with Gasteiger partial charge in [0.15, 0.2) is 17.4 Å². The quantitative estimate of drug-likeness (QED) is 0.142. The van der Waals surface area contributed by atoms with Crippen LogP contribution >= 0.6 is 0 Å². The first-order valence-electron chi connectivity index (χ1n) is 12.3. The summed E-state index contributed by atoms with van der Waals surface area (Å²) >= 11 is 0. The summed E-state index contributed by atoms with van der Waals surface area (Å²) in [6, 6.07) is 14.6. The van der Waals surface area contributed by atoms with Gasteiger partial charge in [0.25, 0.3) is 0 Å². The molecule has 0 fully saturated rings. The summed E-state index contributed by atoms with van der Waals surface area (Å²) in [5, 5.41) is 0.884. The molecule has 4 aromatic carbocycles. The van der Waals surface area contributed by atoms with Gasteiger partial charge in [-0.2, -0.15) is 8.78 Å². The number of fused-ring (bicyclic) bond motifs is 1. The van der Waals surface area contributed by atoms with Crippen LogP contribution in [-0.2, 0) is 12.8 Å². The molecule has 0 atom stereocenters. The third-order valence-electron chi connectivity index (χ3n) is 6.25. The molecule has 0 radical (unpaired) electrons. The summed E-state index contributed by atoms with van der Waals surface area (Å²) in [7, 11) is 0. The Balaban J connectivity index is 1.49. The number of ether oxygens (including phenoxy) is 2. The van der Waals surface area contributed by atoms with E-state index >= 15 is 4.39 Å². The number of rotatable bonds is 11. The average Bonchev–Trinajstić information content (AvgIpc) is 2.88. The number of halogens is 6. The summed E-state index contributed by atoms with van der Waals surface area (Å²) in [4.78, 5) is 0. The van der Waals surface area contributed by atoms with Crippen molar-refractivity contribution >= 4 is 10.8 Å². The highest BCUT2D eigenvalue weighted by Crippen LogP contribution is 2.31. The van der Waals surface area contributed by atoms with E-state index in [1.54, 1.807) is 42.5 Å². The summed E-state index contributed by atoms with van der Waals surface area (Å²) in [5.74, 6) is -4.15. The molecule has 4 rings (SSSR count). The fourth-order valence-electron chi connectivity index (χ4n) is 4.30. The molecule has 0 amide bonds. The molecule has 0 bridgehead atoms. The molecule has 8 heteroatoms. The minimum atomic E-state index is -3.36. The largest absolute Gasteiger partial charge is 0.493 e. The highest BCUT2D eigenvalue weighted by atomic mass is 19.3. The minimum Gasteiger partial charge on any atom is -0.493 e. The lowest BCUT2D eigenvalue weighted by Crippen LogP contribution is -2.06. The van der Waals surface area contributed by atoms with E-state index in [2.05, 4.69) is 11.7 Å². The predicted molar refractivity (Wildman–Crippen MR) is 135 cm³/mol. The van der Waals surface area contributed by atoms with Gasteiger partial charge >= 0.3 is 6.61 Å². The van der Waals surface area contributed by atoms with Crippen LogP contribution in [0.15, 0.2) is 60.7 Å². The first-order chi connectivity index (χ1) is 18.3. The molecule has 0 saturated carbocycles. The lowest BCUT2D eigenvalue weighted by Gasteiger charge is -2.12. The number of hydrogen-bond acceptors (Lipinski definition) is 2. The van der Waals surface area contributed by atoms with E-state index in [9.17, 15) is 22.0 Å². The van der Waals surface area contributed by atoms with Crippen molar-refractivity contribution in [3.8, 4) is 22.6 Å². The Morgan fingerprint density at radius 3 is 2.21 bits per heavy atom. The van der Waals surface area contributed by atoms with Gasteiger partial charge < -0.3 is 9.47 Å². The molecule has 4 aromatic rings. The minimum absolute atomic E-state index is 0.0708. The van der Waals surface area contributed by atoms with Crippen LogP contribution in [0.4, 0.5) is 26.3 Å². The third kappa shape index (κ3) is 6.41. The van der Waals surface area contributed by atoms with Crippen LogP contribution in [0.1, 0.15) is 37.3 Å². The molecule has 0 aliphatic carbocycles. The summed E-state index contributed by atoms with van der Waals surface area (Å²) < 4.78 is 92.1. The maximum absolute atomic E-state index is 15.2. The van der Waals surface area contributed by atoms with Gasteiger partial charge in [0.2, 0.25) is 0 Å². The predicted octanol–water partition coefficient (Wildman–Crippen LogP) is 9.02. The van der Waals surface area contributed by atoms with Crippen LogP contribution in [0, 0.1) is 23.3 Å². The van der Waals surface area contributed by atoms with Crippen molar-refractivity contribution in [2.75, 3.05) is 6.61 Å². The summed E-state index contributed by atoms with van der Waals surface area (Å²) in [5.41, 5.74) is 1.43. The van der Waals surface area contributed by atoms with E-state index in [4.69, 9.17) is 4.74 Å². The van der Waals surface area contributed by atoms with Crippen LogP contribution in [0.3, 0.4) is 0 Å². The Kier molecular flexibility index (Phi) is 8.81. The SMILES string of the molecule is CCCCCOc1ccc(-c2ccc3c(F)c(CCc4cc(F)c(OC(F)F)c(F)c4)ccc3c2)c(F)c1. The fourth-order valence-corrected chi connectivity index (χ4v) is 4.30. The second-order valence-electron chi connectivity index (χ2n) is 8.94. The Morgan fingerprint density at radius 1 is 0.763 bits per heavy atom. The third-order valence-corrected chi connectivity index (χ3v) is 6.25. The number of alkyl halides is 2. The second kappa shape index (κ2) is 12.2. The second-order valence-corrected chi connectivity index (χ2v) is 8.94. The molecule has 0 saturated heterocycles. The summed E-state index contributed by atoms with van der Waals surface area (Å²) in [6.07, 6.45) is 3.19. The van der Waals surface area contributed by atoms with Crippen molar-refractivity contribution in [2.24, 2.45) is 0 Å². The van der Waals surface area contributed by atoms with Crippen LogP contribution < -0.4 is 9.47 Å². The van der Waals surface area contributed by atoms with E-state index in [0.29, 0.717) is 39.8 Å². The van der Waals surface area contributed by atoms with Crippen molar-refractivity contribution in [3.05, 3.63) is 95.1 Å². The molecule has 0 unspecified atom stereocenters. The maximum atomic E-state index is 15.2. The Labute approximate surface area is 216 Å². The van der Waals surface area contributed by atoms with E-state index in [1.807, 2.05) is 0 Å². The topological polar surface area (TPSA) is 18.5 Å². The van der Waals surface area contributed by atoms with Crippen LogP contribution in [-0.4, -0.2) is 13.2 Å². The van der Waals surface area contributed by atoms with Crippen molar-refractivity contribution in [3.63, 3.8) is 0 Å². The summed E-state index contributed by atoms with van der Waals surface area (Å²) in [6.45, 7) is -0.748. The molecule has 2 nitrogen and oxygen atoms in total. The molecule has 0 aliphatic heterocycles. The molecule has 38 heavy (non-hydrogen) atoms. The lowest BCUT2D eigenvalue weighted by molar-refractivity contribution is -0.0546. The van der Waals surface area contributed by atoms with Crippen molar-refractivity contribution in [1.29, 1.82) is 0 Å². The molecule has 0 spiro atoms. The first kappa shape index (κ1) is 27.4. The zero-order valence-electron chi connectivity index (χ0n) is 20.7. The highest BCUT2D eigenvalue weighted by Gasteiger charge is 2.17. The van der Waals surface area contributed by atoms with Crippen LogP contribution in [0.2, 0.25) is 0 Å². The fraction of sp³-hybridized carbons (Fsp3) is 0.267. The van der Waals surface area contributed by atoms with Gasteiger partial charge in [-0.25, -0.2) is 17.6 Å². The van der Waals surface area contributed by atoms with Gasteiger partial charge in [0.05, 0.1) is 6.61 Å². The monoisotopic (exact) mass is 532 g/mol. The van der Waals surface area contributed by atoms with Crippen molar-refractivity contribution < 1.29 is 35.8 Å². The zero-order chi connectivity index (χ0) is 27.2. The molecule has 200 valence electrons. The lowest BCUT2D eigenvalue weighted by atomic mass is 9.97. The number of hydrogen-bond donors (Lipinski definition) is 0. The van der Waals surface area contributed by atoms with Crippen LogP contribution in [0.25, 0.3) is 21.9 Å². The van der Waals surface area contributed by atoms with Gasteiger partial charge in [0.1, 0.15) is 17.4 Å². The van der Waals surface area contributed by atoms with E-state index in [-0.39, 0.29) is 18.4 Å². The van der Waals surface area contributed by atoms with Crippen molar-refractivity contribution in [2.45, 2.75) is 45.6 Å². The zero-order valence-corrected chi connectivity index (χ0v) is 20.7. The first-order valence-corrected chi connectivity index (χ1v) is 12.3. The van der Waals surface area contributed by atoms with E-state index in [0.717, 1.165) is 31.4 Å². The standard InChI is InChI=1S/C30H26F6O2/c1-2-3-4-13-37-22-10-12-23(25(31)17-22)20-9-11-24-21(16-20)8-7-19(28(24)34)6-5-18-14-26(32)29(27(33)15-18)38-30(35)36/h7-12,14-17,30H,2-6,13H2,1H3.